The standard InChI is InChI=1S/C15H13N3O2/c19-8-4-3-6-12-5-1-2-7-14(12)18-15(20)13-9-16-11-17-10-13/h1-2,5,7,9-11,19H,4,8H2,(H,18,20). The van der Waals surface area contributed by atoms with Crippen molar-refractivity contribution in [2.24, 2.45) is 0 Å². The molecular weight excluding hydrogens is 254 g/mol. The van der Waals surface area contributed by atoms with E-state index < -0.39 is 0 Å². The molecule has 0 radical (unpaired) electrons. The predicted molar refractivity (Wildman–Crippen MR) is 75.0 cm³/mol. The van der Waals surface area contributed by atoms with Gasteiger partial charge in [0.15, 0.2) is 0 Å². The van der Waals surface area contributed by atoms with Crippen LogP contribution in [0.5, 0.6) is 0 Å². The summed E-state index contributed by atoms with van der Waals surface area (Å²) in [5.74, 6) is 5.45. The lowest BCUT2D eigenvalue weighted by atomic mass is 10.1. The summed E-state index contributed by atoms with van der Waals surface area (Å²) in [6.07, 6.45) is 4.66. The van der Waals surface area contributed by atoms with E-state index in [4.69, 9.17) is 5.11 Å². The number of amides is 1. The largest absolute Gasteiger partial charge is 0.395 e. The monoisotopic (exact) mass is 267 g/mol. The Morgan fingerprint density at radius 1 is 1.25 bits per heavy atom. The van der Waals surface area contributed by atoms with Gasteiger partial charge < -0.3 is 10.4 Å². The SMILES string of the molecule is O=C(Nc1ccccc1C#CCCO)c1cncnc1. The van der Waals surface area contributed by atoms with Gasteiger partial charge >= 0.3 is 0 Å². The minimum atomic E-state index is -0.290. The third-order valence-corrected chi connectivity index (χ3v) is 2.46. The van der Waals surface area contributed by atoms with Gasteiger partial charge in [0, 0.05) is 24.4 Å². The van der Waals surface area contributed by atoms with Crippen molar-refractivity contribution in [3.63, 3.8) is 0 Å². The Kier molecular flexibility index (Phi) is 4.81. The Hall–Kier alpha value is -2.71. The fourth-order valence-electron chi connectivity index (χ4n) is 1.53. The number of hydrogen-bond donors (Lipinski definition) is 2. The lowest BCUT2D eigenvalue weighted by Gasteiger charge is -2.06. The van der Waals surface area contributed by atoms with Crippen molar-refractivity contribution in [2.75, 3.05) is 11.9 Å². The molecule has 0 aliphatic carbocycles. The second-order valence-corrected chi connectivity index (χ2v) is 3.90. The number of hydrogen-bond acceptors (Lipinski definition) is 4. The van der Waals surface area contributed by atoms with Crippen LogP contribution in [0.25, 0.3) is 0 Å². The Bertz CT molecular complexity index is 645. The van der Waals surface area contributed by atoms with E-state index in [1.807, 2.05) is 18.2 Å². The number of nitrogens with zero attached hydrogens (tertiary/aromatic N) is 2. The van der Waals surface area contributed by atoms with Crippen LogP contribution in [0.3, 0.4) is 0 Å². The van der Waals surface area contributed by atoms with Gasteiger partial charge in [0.2, 0.25) is 0 Å². The highest BCUT2D eigenvalue weighted by molar-refractivity contribution is 6.04. The minimum Gasteiger partial charge on any atom is -0.395 e. The van der Waals surface area contributed by atoms with Crippen LogP contribution in [0.2, 0.25) is 0 Å². The second kappa shape index (κ2) is 7.02. The van der Waals surface area contributed by atoms with E-state index in [1.165, 1.54) is 18.7 Å². The van der Waals surface area contributed by atoms with Gasteiger partial charge in [-0.1, -0.05) is 24.0 Å². The predicted octanol–water partition coefficient (Wildman–Crippen LogP) is 1.46. The van der Waals surface area contributed by atoms with Gasteiger partial charge in [0.25, 0.3) is 5.91 Å². The first-order valence-corrected chi connectivity index (χ1v) is 6.06. The van der Waals surface area contributed by atoms with Crippen LogP contribution in [-0.2, 0) is 0 Å². The fourth-order valence-corrected chi connectivity index (χ4v) is 1.53. The molecule has 0 spiro atoms. The zero-order valence-electron chi connectivity index (χ0n) is 10.7. The average molecular weight is 267 g/mol. The van der Waals surface area contributed by atoms with Gasteiger partial charge in [-0.15, -0.1) is 0 Å². The second-order valence-electron chi connectivity index (χ2n) is 3.90. The number of rotatable bonds is 3. The molecule has 5 heteroatoms. The fraction of sp³-hybridized carbons (Fsp3) is 0.133. The third kappa shape index (κ3) is 3.64. The number of aromatic nitrogens is 2. The molecule has 1 aromatic heterocycles. The first kappa shape index (κ1) is 13.7. The van der Waals surface area contributed by atoms with E-state index >= 15 is 0 Å². The van der Waals surface area contributed by atoms with Gasteiger partial charge in [-0.25, -0.2) is 9.97 Å². The number of aliphatic hydroxyl groups excluding tert-OH is 1. The third-order valence-electron chi connectivity index (χ3n) is 2.46. The molecule has 0 saturated heterocycles. The van der Waals surface area contributed by atoms with Gasteiger partial charge in [-0.2, -0.15) is 0 Å². The first-order chi connectivity index (χ1) is 9.81. The first-order valence-electron chi connectivity index (χ1n) is 6.06. The van der Waals surface area contributed by atoms with E-state index in [9.17, 15) is 4.79 Å². The normalized spacial score (nSPS) is 9.45. The van der Waals surface area contributed by atoms with Crippen LogP contribution in [0.1, 0.15) is 22.3 Å². The van der Waals surface area contributed by atoms with Gasteiger partial charge in [-0.3, -0.25) is 4.79 Å². The number of aliphatic hydroxyl groups is 1. The van der Waals surface area contributed by atoms with Crippen molar-refractivity contribution in [3.05, 3.63) is 54.1 Å². The highest BCUT2D eigenvalue weighted by Crippen LogP contribution is 2.14. The van der Waals surface area contributed by atoms with Crippen LogP contribution in [0.4, 0.5) is 5.69 Å². The highest BCUT2D eigenvalue weighted by atomic mass is 16.2. The maximum atomic E-state index is 12.0. The van der Waals surface area contributed by atoms with E-state index in [2.05, 4.69) is 27.1 Å². The molecule has 5 nitrogen and oxygen atoms in total. The molecule has 1 aromatic carbocycles. The van der Waals surface area contributed by atoms with Crippen molar-refractivity contribution < 1.29 is 9.90 Å². The maximum absolute atomic E-state index is 12.0. The molecule has 2 N–H and O–H groups in total. The number of carbonyl (C=O) groups excluding carboxylic acids is 1. The Morgan fingerprint density at radius 2 is 2.00 bits per heavy atom. The van der Waals surface area contributed by atoms with E-state index in [0.29, 0.717) is 23.2 Å². The Morgan fingerprint density at radius 3 is 2.75 bits per heavy atom. The number of nitrogens with one attached hydrogen (secondary N) is 1. The van der Waals surface area contributed by atoms with Crippen molar-refractivity contribution >= 4 is 11.6 Å². The summed E-state index contributed by atoms with van der Waals surface area (Å²) in [6, 6.07) is 7.23. The Labute approximate surface area is 116 Å². The summed E-state index contributed by atoms with van der Waals surface area (Å²) in [5.41, 5.74) is 1.70. The molecule has 2 aromatic rings. The van der Waals surface area contributed by atoms with Crippen molar-refractivity contribution in [1.29, 1.82) is 0 Å². The molecule has 1 heterocycles. The summed E-state index contributed by atoms with van der Waals surface area (Å²) in [5, 5.41) is 11.5. The van der Waals surface area contributed by atoms with Crippen LogP contribution in [-0.4, -0.2) is 27.6 Å². The molecule has 2 rings (SSSR count). The molecule has 0 saturated carbocycles. The van der Waals surface area contributed by atoms with Crippen molar-refractivity contribution in [3.8, 4) is 11.8 Å². The van der Waals surface area contributed by atoms with E-state index in [0.717, 1.165) is 0 Å². The lowest BCUT2D eigenvalue weighted by molar-refractivity contribution is 0.102. The Balaban J connectivity index is 2.18. The van der Waals surface area contributed by atoms with Gasteiger partial charge in [0.05, 0.1) is 17.9 Å². The molecule has 0 fully saturated rings. The topological polar surface area (TPSA) is 75.1 Å². The summed E-state index contributed by atoms with van der Waals surface area (Å²) >= 11 is 0. The van der Waals surface area contributed by atoms with E-state index in [-0.39, 0.29) is 12.5 Å². The highest BCUT2D eigenvalue weighted by Gasteiger charge is 2.08. The molecule has 0 atom stereocenters. The summed E-state index contributed by atoms with van der Waals surface area (Å²) in [6.45, 7) is 0.0167. The maximum Gasteiger partial charge on any atom is 0.258 e. The minimum absolute atomic E-state index is 0.0167. The molecular formula is C15H13N3O2. The number of benzene rings is 1. The molecule has 0 aliphatic heterocycles. The molecule has 0 bridgehead atoms. The van der Waals surface area contributed by atoms with Crippen molar-refractivity contribution in [2.45, 2.75) is 6.42 Å². The lowest BCUT2D eigenvalue weighted by Crippen LogP contribution is -2.13. The van der Waals surface area contributed by atoms with Crippen LogP contribution >= 0.6 is 0 Å². The number of anilines is 1. The van der Waals surface area contributed by atoms with Gasteiger partial charge in [0.1, 0.15) is 6.33 Å². The van der Waals surface area contributed by atoms with E-state index in [1.54, 1.807) is 6.07 Å². The molecule has 100 valence electrons. The summed E-state index contributed by atoms with van der Waals surface area (Å²) in [4.78, 5) is 19.6. The zero-order chi connectivity index (χ0) is 14.2. The molecule has 0 unspecified atom stereocenters. The number of carbonyl (C=O) groups is 1. The summed E-state index contributed by atoms with van der Waals surface area (Å²) < 4.78 is 0. The smallest absolute Gasteiger partial charge is 0.258 e. The van der Waals surface area contributed by atoms with Crippen LogP contribution in [0, 0.1) is 11.8 Å². The van der Waals surface area contributed by atoms with Crippen LogP contribution < -0.4 is 5.32 Å². The average Bonchev–Trinajstić information content (AvgIpc) is 2.50. The van der Waals surface area contributed by atoms with Crippen LogP contribution in [0.15, 0.2) is 43.0 Å². The quantitative estimate of drug-likeness (QED) is 0.826. The molecule has 0 aliphatic rings. The van der Waals surface area contributed by atoms with Crippen molar-refractivity contribution in [1.82, 2.24) is 9.97 Å². The number of para-hydroxylation sites is 1. The van der Waals surface area contributed by atoms with Gasteiger partial charge in [-0.05, 0) is 12.1 Å². The zero-order valence-corrected chi connectivity index (χ0v) is 10.7. The molecule has 20 heavy (non-hydrogen) atoms. The summed E-state index contributed by atoms with van der Waals surface area (Å²) in [7, 11) is 0. The molecule has 1 amide bonds.